The predicted octanol–water partition coefficient (Wildman–Crippen LogP) is 1.07. The van der Waals surface area contributed by atoms with Crippen LogP contribution >= 0.6 is 0 Å². The van der Waals surface area contributed by atoms with Gasteiger partial charge in [0.1, 0.15) is 12.9 Å². The molecule has 0 saturated carbocycles. The van der Waals surface area contributed by atoms with E-state index >= 15 is 0 Å². The van der Waals surface area contributed by atoms with Crippen molar-refractivity contribution in [3.05, 3.63) is 35.9 Å². The van der Waals surface area contributed by atoms with Crippen molar-refractivity contribution in [3.63, 3.8) is 0 Å². The lowest BCUT2D eigenvalue weighted by molar-refractivity contribution is -0.136. The minimum absolute atomic E-state index is 0.0878. The molecular formula is C17H22N4O4. The molecule has 1 fully saturated rings. The Bertz CT molecular complexity index is 740. The highest BCUT2D eigenvalue weighted by Gasteiger charge is 2.33. The highest BCUT2D eigenvalue weighted by atomic mass is 16.5. The number of carbonyl (C=O) groups is 1. The van der Waals surface area contributed by atoms with E-state index in [9.17, 15) is 4.79 Å². The fourth-order valence-corrected chi connectivity index (χ4v) is 2.92. The SMILES string of the molecule is COCc1nncn1C1CN(C(=O)Cc2ccc(OC)c(OC)c2)C1. The number of aromatic nitrogens is 3. The van der Waals surface area contributed by atoms with Crippen molar-refractivity contribution >= 4 is 5.91 Å². The number of rotatable bonds is 7. The fraction of sp³-hybridized carbons (Fsp3) is 0.471. The summed E-state index contributed by atoms with van der Waals surface area (Å²) in [5, 5.41) is 7.96. The lowest BCUT2D eigenvalue weighted by atomic mass is 10.1. The second kappa shape index (κ2) is 7.52. The number of nitrogens with zero attached hydrogens (tertiary/aromatic N) is 4. The molecular weight excluding hydrogens is 324 g/mol. The summed E-state index contributed by atoms with van der Waals surface area (Å²) in [6, 6.07) is 5.74. The number of likely N-dealkylation sites (tertiary alicyclic amines) is 1. The van der Waals surface area contributed by atoms with Gasteiger partial charge in [0, 0.05) is 20.2 Å². The predicted molar refractivity (Wildman–Crippen MR) is 89.6 cm³/mol. The van der Waals surface area contributed by atoms with Gasteiger partial charge in [-0.15, -0.1) is 10.2 Å². The molecule has 1 amide bonds. The van der Waals surface area contributed by atoms with Crippen molar-refractivity contribution in [1.82, 2.24) is 19.7 Å². The van der Waals surface area contributed by atoms with Crippen molar-refractivity contribution in [1.29, 1.82) is 0 Å². The second-order valence-electron chi connectivity index (χ2n) is 5.91. The summed E-state index contributed by atoms with van der Waals surface area (Å²) in [5.74, 6) is 2.15. The number of hydrogen-bond acceptors (Lipinski definition) is 6. The van der Waals surface area contributed by atoms with Crippen LogP contribution in [0.1, 0.15) is 17.4 Å². The van der Waals surface area contributed by atoms with Crippen LogP contribution in [-0.2, 0) is 22.6 Å². The number of methoxy groups -OCH3 is 3. The maximum atomic E-state index is 12.5. The first-order chi connectivity index (χ1) is 12.2. The highest BCUT2D eigenvalue weighted by Crippen LogP contribution is 2.29. The number of amides is 1. The van der Waals surface area contributed by atoms with Gasteiger partial charge in [-0.3, -0.25) is 4.79 Å². The number of carbonyl (C=O) groups excluding carboxylic acids is 1. The molecule has 0 unspecified atom stereocenters. The van der Waals surface area contributed by atoms with E-state index < -0.39 is 0 Å². The molecule has 3 rings (SSSR count). The van der Waals surface area contributed by atoms with Crippen LogP contribution in [-0.4, -0.2) is 60.0 Å². The van der Waals surface area contributed by atoms with Gasteiger partial charge in [0.05, 0.1) is 26.7 Å². The third kappa shape index (κ3) is 3.58. The molecule has 0 aliphatic carbocycles. The molecule has 0 atom stereocenters. The summed E-state index contributed by atoms with van der Waals surface area (Å²) in [7, 11) is 4.80. The average Bonchev–Trinajstić information content (AvgIpc) is 3.01. The van der Waals surface area contributed by atoms with E-state index in [1.54, 1.807) is 27.7 Å². The summed E-state index contributed by atoms with van der Waals surface area (Å²) in [5.41, 5.74) is 0.899. The Morgan fingerprint density at radius 2 is 1.96 bits per heavy atom. The maximum absolute atomic E-state index is 12.5. The quantitative estimate of drug-likeness (QED) is 0.746. The molecule has 134 valence electrons. The molecule has 25 heavy (non-hydrogen) atoms. The third-order valence-electron chi connectivity index (χ3n) is 4.33. The Morgan fingerprint density at radius 3 is 2.64 bits per heavy atom. The van der Waals surface area contributed by atoms with Crippen molar-refractivity contribution in [2.75, 3.05) is 34.4 Å². The normalized spacial score (nSPS) is 14.3. The first-order valence-corrected chi connectivity index (χ1v) is 8.02. The van der Waals surface area contributed by atoms with Crippen LogP contribution in [0.3, 0.4) is 0 Å². The van der Waals surface area contributed by atoms with Crippen LogP contribution in [0.4, 0.5) is 0 Å². The molecule has 2 heterocycles. The van der Waals surface area contributed by atoms with E-state index in [1.165, 1.54) is 0 Å². The molecule has 1 aliphatic heterocycles. The molecule has 0 bridgehead atoms. The molecule has 1 aromatic heterocycles. The van der Waals surface area contributed by atoms with E-state index in [2.05, 4.69) is 10.2 Å². The van der Waals surface area contributed by atoms with Crippen LogP contribution < -0.4 is 9.47 Å². The van der Waals surface area contributed by atoms with Gasteiger partial charge in [0.2, 0.25) is 5.91 Å². The Labute approximate surface area is 146 Å². The number of ether oxygens (including phenoxy) is 3. The second-order valence-corrected chi connectivity index (χ2v) is 5.91. The highest BCUT2D eigenvalue weighted by molar-refractivity contribution is 5.79. The molecule has 1 aliphatic rings. The molecule has 1 aromatic carbocycles. The minimum Gasteiger partial charge on any atom is -0.493 e. The van der Waals surface area contributed by atoms with Crippen LogP contribution in [0.15, 0.2) is 24.5 Å². The summed E-state index contributed by atoms with van der Waals surface area (Å²) >= 11 is 0. The van der Waals surface area contributed by atoms with Gasteiger partial charge in [-0.2, -0.15) is 0 Å². The largest absolute Gasteiger partial charge is 0.493 e. The van der Waals surface area contributed by atoms with Gasteiger partial charge in [0.15, 0.2) is 17.3 Å². The molecule has 0 N–H and O–H groups in total. The average molecular weight is 346 g/mol. The number of hydrogen-bond donors (Lipinski definition) is 0. The molecule has 2 aromatic rings. The van der Waals surface area contributed by atoms with Gasteiger partial charge in [-0.25, -0.2) is 0 Å². The van der Waals surface area contributed by atoms with Gasteiger partial charge in [-0.05, 0) is 17.7 Å². The third-order valence-corrected chi connectivity index (χ3v) is 4.33. The monoisotopic (exact) mass is 346 g/mol. The van der Waals surface area contributed by atoms with Crippen molar-refractivity contribution in [2.45, 2.75) is 19.1 Å². The van der Waals surface area contributed by atoms with Gasteiger partial charge < -0.3 is 23.7 Å². The smallest absolute Gasteiger partial charge is 0.227 e. The van der Waals surface area contributed by atoms with E-state index in [-0.39, 0.29) is 11.9 Å². The zero-order valence-electron chi connectivity index (χ0n) is 14.6. The van der Waals surface area contributed by atoms with Crippen LogP contribution in [0.2, 0.25) is 0 Å². The zero-order chi connectivity index (χ0) is 17.8. The topological polar surface area (TPSA) is 78.7 Å². The zero-order valence-corrected chi connectivity index (χ0v) is 14.6. The molecule has 0 radical (unpaired) electrons. The Hall–Kier alpha value is -2.61. The minimum atomic E-state index is 0.0878. The molecule has 1 saturated heterocycles. The molecule has 0 spiro atoms. The Morgan fingerprint density at radius 1 is 1.20 bits per heavy atom. The first-order valence-electron chi connectivity index (χ1n) is 8.02. The van der Waals surface area contributed by atoms with Crippen LogP contribution in [0, 0.1) is 0 Å². The van der Waals surface area contributed by atoms with Crippen molar-refractivity contribution in [2.24, 2.45) is 0 Å². The summed E-state index contributed by atoms with van der Waals surface area (Å²) in [6.45, 7) is 1.72. The summed E-state index contributed by atoms with van der Waals surface area (Å²) in [6.07, 6.45) is 2.02. The summed E-state index contributed by atoms with van der Waals surface area (Å²) in [4.78, 5) is 14.3. The van der Waals surface area contributed by atoms with Gasteiger partial charge in [-0.1, -0.05) is 6.07 Å². The van der Waals surface area contributed by atoms with E-state index in [0.29, 0.717) is 37.6 Å². The number of benzene rings is 1. The molecule has 8 heteroatoms. The fourth-order valence-electron chi connectivity index (χ4n) is 2.92. The van der Waals surface area contributed by atoms with E-state index in [0.717, 1.165) is 11.4 Å². The maximum Gasteiger partial charge on any atom is 0.227 e. The standard InChI is InChI=1S/C17H22N4O4/c1-23-10-16-19-18-11-21(16)13-8-20(9-13)17(22)7-12-4-5-14(24-2)15(6-12)25-3/h4-6,11,13H,7-10H2,1-3H3. The van der Waals surface area contributed by atoms with Gasteiger partial charge in [0.25, 0.3) is 0 Å². The summed E-state index contributed by atoms with van der Waals surface area (Å²) < 4.78 is 17.6. The lowest BCUT2D eigenvalue weighted by Crippen LogP contribution is -2.51. The Balaban J connectivity index is 1.58. The first kappa shape index (κ1) is 17.2. The molecule has 8 nitrogen and oxygen atoms in total. The van der Waals surface area contributed by atoms with E-state index in [1.807, 2.05) is 27.7 Å². The Kier molecular flexibility index (Phi) is 5.18. The van der Waals surface area contributed by atoms with E-state index in [4.69, 9.17) is 14.2 Å². The van der Waals surface area contributed by atoms with Crippen LogP contribution in [0.25, 0.3) is 0 Å². The van der Waals surface area contributed by atoms with Crippen molar-refractivity contribution < 1.29 is 19.0 Å². The van der Waals surface area contributed by atoms with Gasteiger partial charge >= 0.3 is 0 Å². The van der Waals surface area contributed by atoms with Crippen molar-refractivity contribution in [3.8, 4) is 11.5 Å². The van der Waals surface area contributed by atoms with Crippen LogP contribution in [0.5, 0.6) is 11.5 Å². The lowest BCUT2D eigenvalue weighted by Gasteiger charge is -2.40.